The van der Waals surface area contributed by atoms with Crippen molar-refractivity contribution < 1.29 is 14.3 Å². The smallest absolute Gasteiger partial charge is 0.340 e. The molecule has 0 bridgehead atoms. The van der Waals surface area contributed by atoms with Gasteiger partial charge in [-0.05, 0) is 42.0 Å². The van der Waals surface area contributed by atoms with Gasteiger partial charge in [0, 0.05) is 11.3 Å². The van der Waals surface area contributed by atoms with Crippen LogP contribution in [0.5, 0.6) is 0 Å². The minimum absolute atomic E-state index is 0.0578. The number of para-hydroxylation sites is 1. The molecular formula is C21H15Cl2NO3. The molecule has 1 amide bonds. The normalized spacial score (nSPS) is 10.3. The van der Waals surface area contributed by atoms with Crippen LogP contribution in [0.3, 0.4) is 0 Å². The van der Waals surface area contributed by atoms with Gasteiger partial charge in [0.05, 0.1) is 15.6 Å². The molecule has 0 heterocycles. The number of rotatable bonds is 5. The standard InChI is InChI=1S/C21H15Cl2NO3/c22-18-8-4-7-17(19(18)23)21(26)27-13-14-9-11-15(12-10-14)20(25)24-16-5-2-1-3-6-16/h1-12H,13H2,(H,24,25). The van der Waals surface area contributed by atoms with Crippen molar-refractivity contribution in [3.63, 3.8) is 0 Å². The molecule has 0 radical (unpaired) electrons. The van der Waals surface area contributed by atoms with E-state index in [-0.39, 0.29) is 23.1 Å². The van der Waals surface area contributed by atoms with Crippen LogP contribution in [0.1, 0.15) is 26.3 Å². The molecule has 0 spiro atoms. The average Bonchev–Trinajstić information content (AvgIpc) is 2.69. The first-order chi connectivity index (χ1) is 13.0. The Bertz CT molecular complexity index is 957. The predicted octanol–water partition coefficient (Wildman–Crippen LogP) is 5.60. The highest BCUT2D eigenvalue weighted by Gasteiger charge is 2.14. The van der Waals surface area contributed by atoms with Gasteiger partial charge in [0.2, 0.25) is 0 Å². The number of hydrogen-bond acceptors (Lipinski definition) is 3. The van der Waals surface area contributed by atoms with E-state index in [0.717, 1.165) is 11.3 Å². The van der Waals surface area contributed by atoms with Crippen LogP contribution in [0.4, 0.5) is 5.69 Å². The van der Waals surface area contributed by atoms with Gasteiger partial charge in [-0.25, -0.2) is 4.79 Å². The lowest BCUT2D eigenvalue weighted by Gasteiger charge is -2.08. The lowest BCUT2D eigenvalue weighted by Crippen LogP contribution is -2.12. The summed E-state index contributed by atoms with van der Waals surface area (Å²) in [4.78, 5) is 24.4. The van der Waals surface area contributed by atoms with Crippen LogP contribution < -0.4 is 5.32 Å². The molecule has 0 aliphatic rings. The number of anilines is 1. The van der Waals surface area contributed by atoms with Crippen molar-refractivity contribution in [2.45, 2.75) is 6.61 Å². The molecule has 27 heavy (non-hydrogen) atoms. The highest BCUT2D eigenvalue weighted by molar-refractivity contribution is 6.43. The number of carbonyl (C=O) groups excluding carboxylic acids is 2. The molecule has 0 unspecified atom stereocenters. The van der Waals surface area contributed by atoms with Gasteiger partial charge in [-0.15, -0.1) is 0 Å². The van der Waals surface area contributed by atoms with E-state index in [4.69, 9.17) is 27.9 Å². The number of esters is 1. The summed E-state index contributed by atoms with van der Waals surface area (Å²) in [5, 5.41) is 3.26. The van der Waals surface area contributed by atoms with Crippen LogP contribution in [0.15, 0.2) is 72.8 Å². The van der Waals surface area contributed by atoms with Crippen molar-refractivity contribution in [1.29, 1.82) is 0 Å². The number of carbonyl (C=O) groups is 2. The molecule has 3 aromatic rings. The molecular weight excluding hydrogens is 385 g/mol. The third-order valence-electron chi connectivity index (χ3n) is 3.79. The summed E-state index contributed by atoms with van der Waals surface area (Å²) in [7, 11) is 0. The SMILES string of the molecule is O=C(Nc1ccccc1)c1ccc(COC(=O)c2cccc(Cl)c2Cl)cc1. The van der Waals surface area contributed by atoms with E-state index >= 15 is 0 Å². The van der Waals surface area contributed by atoms with E-state index < -0.39 is 5.97 Å². The van der Waals surface area contributed by atoms with Crippen molar-refractivity contribution in [3.05, 3.63) is 99.5 Å². The Morgan fingerprint density at radius 2 is 1.56 bits per heavy atom. The van der Waals surface area contributed by atoms with Crippen molar-refractivity contribution in [2.24, 2.45) is 0 Å². The molecule has 0 fully saturated rings. The van der Waals surface area contributed by atoms with Crippen molar-refractivity contribution in [3.8, 4) is 0 Å². The number of amides is 1. The summed E-state index contributed by atoms with van der Waals surface area (Å²) < 4.78 is 5.26. The van der Waals surface area contributed by atoms with Crippen LogP contribution in [-0.2, 0) is 11.3 Å². The summed E-state index contributed by atoms with van der Waals surface area (Å²) in [5.41, 5.74) is 2.19. The Balaban J connectivity index is 1.60. The molecule has 0 saturated carbocycles. The first-order valence-corrected chi connectivity index (χ1v) is 8.86. The molecule has 3 rings (SSSR count). The average molecular weight is 400 g/mol. The molecule has 0 aliphatic heterocycles. The molecule has 0 saturated heterocycles. The van der Waals surface area contributed by atoms with Crippen LogP contribution in [-0.4, -0.2) is 11.9 Å². The Labute approximate surface area is 166 Å². The zero-order chi connectivity index (χ0) is 19.2. The van der Waals surface area contributed by atoms with E-state index in [1.165, 1.54) is 0 Å². The maximum absolute atomic E-state index is 12.2. The van der Waals surface area contributed by atoms with Crippen LogP contribution >= 0.6 is 23.2 Å². The fourth-order valence-corrected chi connectivity index (χ4v) is 2.74. The summed E-state index contributed by atoms with van der Waals surface area (Å²) in [6.45, 7) is 0.0578. The van der Waals surface area contributed by atoms with Gasteiger partial charge >= 0.3 is 5.97 Å². The lowest BCUT2D eigenvalue weighted by molar-refractivity contribution is 0.0472. The minimum Gasteiger partial charge on any atom is -0.457 e. The molecule has 0 aliphatic carbocycles. The van der Waals surface area contributed by atoms with Crippen LogP contribution in [0, 0.1) is 0 Å². The quantitative estimate of drug-likeness (QED) is 0.567. The summed E-state index contributed by atoms with van der Waals surface area (Å²) in [5.74, 6) is -0.774. The maximum atomic E-state index is 12.2. The minimum atomic E-state index is -0.562. The van der Waals surface area contributed by atoms with E-state index in [0.29, 0.717) is 10.6 Å². The number of ether oxygens (including phenoxy) is 1. The summed E-state index contributed by atoms with van der Waals surface area (Å²) in [6.07, 6.45) is 0. The van der Waals surface area contributed by atoms with E-state index in [1.807, 2.05) is 30.3 Å². The highest BCUT2D eigenvalue weighted by atomic mass is 35.5. The molecule has 6 heteroatoms. The van der Waals surface area contributed by atoms with Gasteiger partial charge in [-0.2, -0.15) is 0 Å². The van der Waals surface area contributed by atoms with Crippen LogP contribution in [0.25, 0.3) is 0 Å². The number of benzene rings is 3. The van der Waals surface area contributed by atoms with E-state index in [2.05, 4.69) is 5.32 Å². The molecule has 0 atom stereocenters. The van der Waals surface area contributed by atoms with Gasteiger partial charge in [-0.1, -0.05) is 59.6 Å². The predicted molar refractivity (Wildman–Crippen MR) is 106 cm³/mol. The second-order valence-corrected chi connectivity index (χ2v) is 6.48. The Morgan fingerprint density at radius 1 is 0.852 bits per heavy atom. The Morgan fingerprint density at radius 3 is 2.26 bits per heavy atom. The monoisotopic (exact) mass is 399 g/mol. The van der Waals surface area contributed by atoms with Gasteiger partial charge in [-0.3, -0.25) is 4.79 Å². The highest BCUT2D eigenvalue weighted by Crippen LogP contribution is 2.26. The van der Waals surface area contributed by atoms with E-state index in [1.54, 1.807) is 42.5 Å². The van der Waals surface area contributed by atoms with Gasteiger partial charge < -0.3 is 10.1 Å². The molecule has 3 aromatic carbocycles. The van der Waals surface area contributed by atoms with Gasteiger partial charge in [0.25, 0.3) is 5.91 Å². The lowest BCUT2D eigenvalue weighted by atomic mass is 10.1. The van der Waals surface area contributed by atoms with E-state index in [9.17, 15) is 9.59 Å². The fraction of sp³-hybridized carbons (Fsp3) is 0.0476. The van der Waals surface area contributed by atoms with Crippen molar-refractivity contribution in [2.75, 3.05) is 5.32 Å². The third kappa shape index (κ3) is 4.88. The zero-order valence-electron chi connectivity index (χ0n) is 14.1. The second kappa shape index (κ2) is 8.71. The number of hydrogen-bond donors (Lipinski definition) is 1. The van der Waals surface area contributed by atoms with Crippen LogP contribution in [0.2, 0.25) is 10.0 Å². The maximum Gasteiger partial charge on any atom is 0.340 e. The number of nitrogens with one attached hydrogen (secondary N) is 1. The number of halogens is 2. The molecule has 4 nitrogen and oxygen atoms in total. The molecule has 136 valence electrons. The second-order valence-electron chi connectivity index (χ2n) is 5.69. The van der Waals surface area contributed by atoms with Crippen molar-refractivity contribution in [1.82, 2.24) is 0 Å². The molecule has 0 aromatic heterocycles. The topological polar surface area (TPSA) is 55.4 Å². The van der Waals surface area contributed by atoms with Gasteiger partial charge in [0.1, 0.15) is 6.61 Å². The Hall–Kier alpha value is -2.82. The first-order valence-electron chi connectivity index (χ1n) is 8.11. The largest absolute Gasteiger partial charge is 0.457 e. The third-order valence-corrected chi connectivity index (χ3v) is 4.61. The summed E-state index contributed by atoms with van der Waals surface area (Å²) >= 11 is 11.9. The fourth-order valence-electron chi connectivity index (χ4n) is 2.37. The summed E-state index contributed by atoms with van der Waals surface area (Å²) in [6, 6.07) is 20.8. The first kappa shape index (κ1) is 19.0. The van der Waals surface area contributed by atoms with Crippen molar-refractivity contribution >= 4 is 40.8 Å². The molecule has 1 N–H and O–H groups in total. The van der Waals surface area contributed by atoms with Gasteiger partial charge in [0.15, 0.2) is 0 Å². The Kier molecular flexibility index (Phi) is 6.12. The zero-order valence-corrected chi connectivity index (χ0v) is 15.6.